The Kier molecular flexibility index (Phi) is 7.31. The number of esters is 1. The fourth-order valence-corrected chi connectivity index (χ4v) is 4.02. The third kappa shape index (κ3) is 6.25. The zero-order chi connectivity index (χ0) is 27.3. The number of phenolic OH excluding ortho intramolecular Hbond substituents is 1. The van der Waals surface area contributed by atoms with Crippen LogP contribution in [0.5, 0.6) is 11.5 Å². The number of carboxylic acid groups (broad SMARTS) is 1. The summed E-state index contributed by atoms with van der Waals surface area (Å²) < 4.78 is 6.11. The van der Waals surface area contributed by atoms with Crippen LogP contribution in [0.15, 0.2) is 24.3 Å². The lowest BCUT2D eigenvalue weighted by atomic mass is 9.78. The summed E-state index contributed by atoms with van der Waals surface area (Å²) in [5.74, 6) is -0.983. The molecule has 0 saturated heterocycles. The van der Waals surface area contributed by atoms with Crippen LogP contribution in [0.1, 0.15) is 126 Å². The van der Waals surface area contributed by atoms with Gasteiger partial charge in [0.05, 0.1) is 11.1 Å². The highest BCUT2D eigenvalue weighted by Crippen LogP contribution is 2.43. The van der Waals surface area contributed by atoms with Gasteiger partial charge in [0.1, 0.15) is 11.5 Å². The van der Waals surface area contributed by atoms with E-state index in [-0.39, 0.29) is 11.3 Å². The fraction of sp³-hybridized carbons (Fsp3) is 0.533. The van der Waals surface area contributed by atoms with E-state index in [4.69, 9.17) is 4.74 Å². The Morgan fingerprint density at radius 2 is 0.914 bits per heavy atom. The van der Waals surface area contributed by atoms with E-state index in [1.807, 2.05) is 83.1 Å². The van der Waals surface area contributed by atoms with E-state index in [1.165, 1.54) is 0 Å². The highest BCUT2D eigenvalue weighted by molar-refractivity contribution is 5.93. The Balaban J connectivity index is 2.81. The first kappa shape index (κ1) is 28.4. The lowest BCUT2D eigenvalue weighted by Gasteiger charge is -2.30. The second-order valence-electron chi connectivity index (χ2n) is 13.5. The van der Waals surface area contributed by atoms with Crippen LogP contribution >= 0.6 is 0 Å². The van der Waals surface area contributed by atoms with Gasteiger partial charge in [0, 0.05) is 22.3 Å². The maximum Gasteiger partial charge on any atom is 0.343 e. The molecule has 0 spiro atoms. The predicted octanol–water partition coefficient (Wildman–Crippen LogP) is 7.50. The van der Waals surface area contributed by atoms with E-state index in [9.17, 15) is 19.8 Å². The summed E-state index contributed by atoms with van der Waals surface area (Å²) >= 11 is 0. The molecule has 0 aliphatic rings. The van der Waals surface area contributed by atoms with Gasteiger partial charge in [0.15, 0.2) is 0 Å². The number of carboxylic acids is 1. The summed E-state index contributed by atoms with van der Waals surface area (Å²) in [6.07, 6.45) is 0. The molecule has 2 N–H and O–H groups in total. The van der Waals surface area contributed by atoms with Gasteiger partial charge >= 0.3 is 11.9 Å². The number of hydrogen-bond donors (Lipinski definition) is 2. The predicted molar refractivity (Wildman–Crippen MR) is 141 cm³/mol. The molecule has 0 amide bonds. The van der Waals surface area contributed by atoms with Crippen LogP contribution in [0.25, 0.3) is 0 Å². The molecular formula is C30H42O5. The lowest BCUT2D eigenvalue weighted by molar-refractivity contribution is 0.0696. The van der Waals surface area contributed by atoms with Crippen molar-refractivity contribution in [2.45, 2.75) is 105 Å². The van der Waals surface area contributed by atoms with Gasteiger partial charge in [-0.15, -0.1) is 0 Å². The van der Waals surface area contributed by atoms with Gasteiger partial charge < -0.3 is 14.9 Å². The maximum absolute atomic E-state index is 13.6. The summed E-state index contributed by atoms with van der Waals surface area (Å²) in [5, 5.41) is 20.8. The molecule has 5 heteroatoms. The van der Waals surface area contributed by atoms with Crippen LogP contribution in [0.4, 0.5) is 0 Å². The molecule has 2 aromatic carbocycles. The van der Waals surface area contributed by atoms with Crippen molar-refractivity contribution in [2.75, 3.05) is 0 Å². The Morgan fingerprint density at radius 1 is 0.600 bits per heavy atom. The zero-order valence-electron chi connectivity index (χ0n) is 23.4. The van der Waals surface area contributed by atoms with Gasteiger partial charge in [-0.25, -0.2) is 9.59 Å². The highest BCUT2D eigenvalue weighted by Gasteiger charge is 2.32. The normalized spacial score (nSPS) is 13.0. The molecule has 0 bridgehead atoms. The van der Waals surface area contributed by atoms with Crippen LogP contribution in [0.3, 0.4) is 0 Å². The van der Waals surface area contributed by atoms with Crippen LogP contribution in [-0.4, -0.2) is 22.2 Å². The third-order valence-electron chi connectivity index (χ3n) is 6.11. The molecule has 2 aromatic rings. The third-order valence-corrected chi connectivity index (χ3v) is 6.11. The van der Waals surface area contributed by atoms with E-state index in [0.717, 1.165) is 0 Å². The molecule has 0 saturated carbocycles. The summed E-state index contributed by atoms with van der Waals surface area (Å²) in [7, 11) is 0. The SMILES string of the molecule is CC(C)(C)c1cc(C(=O)Oc2c(C(C)(C)C)cc(C(=O)O)cc2C(C)(C)C)cc(C(C)(C)C)c1O. The Hall–Kier alpha value is -2.82. The second-order valence-corrected chi connectivity index (χ2v) is 13.5. The maximum atomic E-state index is 13.6. The molecule has 0 radical (unpaired) electrons. The van der Waals surface area contributed by atoms with Crippen LogP contribution in [-0.2, 0) is 21.7 Å². The molecule has 0 heterocycles. The van der Waals surface area contributed by atoms with Crippen LogP contribution in [0, 0.1) is 0 Å². The van der Waals surface area contributed by atoms with Crippen molar-refractivity contribution < 1.29 is 24.5 Å². The molecule has 0 fully saturated rings. The number of ether oxygens (including phenoxy) is 1. The second kappa shape index (κ2) is 9.00. The zero-order valence-corrected chi connectivity index (χ0v) is 23.4. The minimum atomic E-state index is -1.03. The molecule has 2 rings (SSSR count). The molecular weight excluding hydrogens is 440 g/mol. The van der Waals surface area contributed by atoms with Crippen molar-refractivity contribution in [2.24, 2.45) is 0 Å². The molecule has 0 unspecified atom stereocenters. The van der Waals surface area contributed by atoms with Crippen molar-refractivity contribution in [3.63, 3.8) is 0 Å². The molecule has 0 atom stereocenters. The highest BCUT2D eigenvalue weighted by atomic mass is 16.5. The smallest absolute Gasteiger partial charge is 0.343 e. The first-order valence-electron chi connectivity index (χ1n) is 12.1. The van der Waals surface area contributed by atoms with Crippen molar-refractivity contribution in [1.82, 2.24) is 0 Å². The average molecular weight is 483 g/mol. The van der Waals surface area contributed by atoms with Gasteiger partial charge in [-0.05, 0) is 45.9 Å². The molecule has 5 nitrogen and oxygen atoms in total. The van der Waals surface area contributed by atoms with E-state index >= 15 is 0 Å². The minimum Gasteiger partial charge on any atom is -0.507 e. The van der Waals surface area contributed by atoms with Crippen molar-refractivity contribution >= 4 is 11.9 Å². The quantitative estimate of drug-likeness (QED) is 0.349. The first-order valence-corrected chi connectivity index (χ1v) is 12.1. The topological polar surface area (TPSA) is 83.8 Å². The first-order chi connectivity index (χ1) is 15.5. The van der Waals surface area contributed by atoms with Gasteiger partial charge in [-0.1, -0.05) is 83.1 Å². The number of benzene rings is 2. The number of phenols is 1. The number of aromatic carboxylic acids is 1. The van der Waals surface area contributed by atoms with E-state index in [2.05, 4.69) is 0 Å². The van der Waals surface area contributed by atoms with E-state index in [0.29, 0.717) is 33.6 Å². The number of carbonyl (C=O) groups is 2. The van der Waals surface area contributed by atoms with Crippen LogP contribution < -0.4 is 4.74 Å². The molecule has 192 valence electrons. The van der Waals surface area contributed by atoms with Crippen molar-refractivity contribution in [3.05, 3.63) is 57.6 Å². The Bertz CT molecular complexity index is 1070. The fourth-order valence-electron chi connectivity index (χ4n) is 4.02. The van der Waals surface area contributed by atoms with Crippen molar-refractivity contribution in [1.29, 1.82) is 0 Å². The molecule has 0 aliphatic carbocycles. The van der Waals surface area contributed by atoms with Crippen molar-refractivity contribution in [3.8, 4) is 11.5 Å². The van der Waals surface area contributed by atoms with Gasteiger partial charge in [0.2, 0.25) is 0 Å². The van der Waals surface area contributed by atoms with E-state index < -0.39 is 33.6 Å². The Morgan fingerprint density at radius 3 is 1.20 bits per heavy atom. The minimum absolute atomic E-state index is 0.161. The number of hydrogen-bond acceptors (Lipinski definition) is 4. The van der Waals surface area contributed by atoms with Gasteiger partial charge in [0.25, 0.3) is 0 Å². The average Bonchev–Trinajstić information content (AvgIpc) is 2.64. The number of aromatic hydroxyl groups is 1. The summed E-state index contributed by atoms with van der Waals surface area (Å²) in [6.45, 7) is 23.7. The summed E-state index contributed by atoms with van der Waals surface area (Å²) in [6, 6.07) is 6.59. The Labute approximate surface area is 210 Å². The van der Waals surface area contributed by atoms with Crippen LogP contribution in [0.2, 0.25) is 0 Å². The number of rotatable bonds is 3. The van der Waals surface area contributed by atoms with E-state index in [1.54, 1.807) is 24.3 Å². The standard InChI is InChI=1S/C30H42O5/c1-27(2,3)19-15-18(16-20(23(19)31)28(4,5)6)26(34)35-24-21(29(7,8)9)13-17(25(32)33)14-22(24)30(10,11)12/h13-16,31H,1-12H3,(H,32,33). The monoisotopic (exact) mass is 482 g/mol. The largest absolute Gasteiger partial charge is 0.507 e. The lowest BCUT2D eigenvalue weighted by Crippen LogP contribution is -2.24. The van der Waals surface area contributed by atoms with Gasteiger partial charge in [-0.3, -0.25) is 0 Å². The summed E-state index contributed by atoms with van der Waals surface area (Å²) in [5.41, 5.74) is 1.44. The summed E-state index contributed by atoms with van der Waals surface area (Å²) in [4.78, 5) is 25.5. The molecule has 0 aromatic heterocycles. The molecule has 0 aliphatic heterocycles. The number of carbonyl (C=O) groups excluding carboxylic acids is 1. The molecule has 35 heavy (non-hydrogen) atoms. The van der Waals surface area contributed by atoms with Gasteiger partial charge in [-0.2, -0.15) is 0 Å².